The number of fused-ring (bicyclic) bond motifs is 1. The van der Waals surface area contributed by atoms with Crippen LogP contribution in [0, 0.1) is 12.3 Å². The second-order valence-corrected chi connectivity index (χ2v) is 6.36. The molecule has 0 unspecified atom stereocenters. The second-order valence-electron chi connectivity index (χ2n) is 6.36. The topological polar surface area (TPSA) is 59.2 Å². The first-order chi connectivity index (χ1) is 9.84. The minimum Gasteiger partial charge on any atom is -0.341 e. The van der Waals surface area contributed by atoms with Crippen LogP contribution in [0.25, 0.3) is 10.9 Å². The summed E-state index contributed by atoms with van der Waals surface area (Å²) >= 11 is 0. The maximum Gasteiger partial charge on any atom is 0.254 e. The van der Waals surface area contributed by atoms with Crippen LogP contribution in [0.3, 0.4) is 0 Å². The van der Waals surface area contributed by atoms with Crippen LogP contribution in [-0.4, -0.2) is 35.9 Å². The number of aryl methyl sites for hydroxylation is 1. The van der Waals surface area contributed by atoms with Crippen molar-refractivity contribution >= 4 is 16.8 Å². The molecule has 21 heavy (non-hydrogen) atoms. The highest BCUT2D eigenvalue weighted by Crippen LogP contribution is 2.21. The summed E-state index contributed by atoms with van der Waals surface area (Å²) in [5.74, 6) is 0.0122. The number of rotatable bonds is 4. The van der Waals surface area contributed by atoms with Crippen LogP contribution in [0.15, 0.2) is 30.3 Å². The van der Waals surface area contributed by atoms with E-state index in [0.717, 1.165) is 16.6 Å². The highest BCUT2D eigenvalue weighted by molar-refractivity contribution is 6.06. The van der Waals surface area contributed by atoms with Gasteiger partial charge in [0.25, 0.3) is 5.91 Å². The molecule has 0 atom stereocenters. The molecule has 0 bridgehead atoms. The molecule has 0 saturated heterocycles. The molecule has 112 valence electrons. The van der Waals surface area contributed by atoms with E-state index in [1.54, 1.807) is 4.90 Å². The average molecular weight is 285 g/mol. The van der Waals surface area contributed by atoms with Gasteiger partial charge in [0.05, 0.1) is 11.1 Å². The van der Waals surface area contributed by atoms with Crippen LogP contribution < -0.4 is 5.73 Å². The summed E-state index contributed by atoms with van der Waals surface area (Å²) in [7, 11) is 1.82. The summed E-state index contributed by atoms with van der Waals surface area (Å²) in [5.41, 5.74) is 8.07. The Hall–Kier alpha value is -1.94. The number of nitrogens with zero attached hydrogens (tertiary/aromatic N) is 2. The highest BCUT2D eigenvalue weighted by atomic mass is 16.2. The first kappa shape index (κ1) is 15.4. The van der Waals surface area contributed by atoms with E-state index in [1.807, 2.05) is 44.3 Å². The average Bonchev–Trinajstić information content (AvgIpc) is 2.45. The zero-order chi connectivity index (χ0) is 15.6. The van der Waals surface area contributed by atoms with Crippen molar-refractivity contribution in [2.45, 2.75) is 20.8 Å². The number of nitrogens with two attached hydrogens (primary N) is 1. The predicted octanol–water partition coefficient (Wildman–Crippen LogP) is 2.60. The lowest BCUT2D eigenvalue weighted by Crippen LogP contribution is -2.39. The lowest BCUT2D eigenvalue weighted by molar-refractivity contribution is 0.0742. The van der Waals surface area contributed by atoms with Crippen molar-refractivity contribution in [3.05, 3.63) is 41.6 Å². The molecule has 0 aliphatic rings. The molecule has 0 spiro atoms. The summed E-state index contributed by atoms with van der Waals surface area (Å²) in [5, 5.41) is 0.894. The predicted molar refractivity (Wildman–Crippen MR) is 86.3 cm³/mol. The molecule has 4 nitrogen and oxygen atoms in total. The van der Waals surface area contributed by atoms with Crippen LogP contribution in [0.5, 0.6) is 0 Å². The summed E-state index contributed by atoms with van der Waals surface area (Å²) in [4.78, 5) is 19.0. The third-order valence-corrected chi connectivity index (χ3v) is 3.64. The number of carbonyl (C=O) groups excluding carboxylic acids is 1. The van der Waals surface area contributed by atoms with Gasteiger partial charge in [-0.1, -0.05) is 32.0 Å². The third kappa shape index (κ3) is 3.39. The first-order valence-electron chi connectivity index (χ1n) is 7.16. The Labute approximate surface area is 126 Å². The summed E-state index contributed by atoms with van der Waals surface area (Å²) in [6, 6.07) is 9.60. The Balaban J connectivity index is 2.39. The maximum atomic E-state index is 12.8. The molecular weight excluding hydrogens is 262 g/mol. The number of carbonyl (C=O) groups is 1. The van der Waals surface area contributed by atoms with Gasteiger partial charge in [-0.2, -0.15) is 0 Å². The molecule has 2 N–H and O–H groups in total. The van der Waals surface area contributed by atoms with Gasteiger partial charge in [0.2, 0.25) is 0 Å². The van der Waals surface area contributed by atoms with E-state index in [9.17, 15) is 4.79 Å². The molecule has 0 aliphatic carbocycles. The van der Waals surface area contributed by atoms with Gasteiger partial charge in [0.1, 0.15) is 0 Å². The molecule has 0 aliphatic heterocycles. The lowest BCUT2D eigenvalue weighted by atomic mass is 9.93. The molecule has 2 aromatic rings. The largest absolute Gasteiger partial charge is 0.341 e. The Morgan fingerprint density at radius 2 is 2.00 bits per heavy atom. The SMILES string of the molecule is Cc1cc(C(=O)N(C)CC(C)(C)CN)c2ccccc2n1. The smallest absolute Gasteiger partial charge is 0.254 e. The van der Waals surface area contributed by atoms with Crippen molar-refractivity contribution in [1.82, 2.24) is 9.88 Å². The van der Waals surface area contributed by atoms with E-state index >= 15 is 0 Å². The van der Waals surface area contributed by atoms with Gasteiger partial charge >= 0.3 is 0 Å². The van der Waals surface area contributed by atoms with Crippen molar-refractivity contribution in [1.29, 1.82) is 0 Å². The minimum atomic E-state index is -0.0950. The van der Waals surface area contributed by atoms with E-state index in [2.05, 4.69) is 18.8 Å². The number of hydrogen-bond donors (Lipinski definition) is 1. The molecule has 1 heterocycles. The van der Waals surface area contributed by atoms with E-state index in [0.29, 0.717) is 18.7 Å². The zero-order valence-electron chi connectivity index (χ0n) is 13.2. The van der Waals surface area contributed by atoms with E-state index < -0.39 is 0 Å². The minimum absolute atomic E-state index is 0.0122. The van der Waals surface area contributed by atoms with E-state index in [-0.39, 0.29) is 11.3 Å². The van der Waals surface area contributed by atoms with Crippen molar-refractivity contribution in [3.63, 3.8) is 0 Å². The van der Waals surface area contributed by atoms with Crippen molar-refractivity contribution in [3.8, 4) is 0 Å². The maximum absolute atomic E-state index is 12.8. The Morgan fingerprint density at radius 1 is 1.33 bits per heavy atom. The van der Waals surface area contributed by atoms with Crippen LogP contribution in [0.4, 0.5) is 0 Å². The summed E-state index contributed by atoms with van der Waals surface area (Å²) in [6.07, 6.45) is 0. The molecule has 1 aromatic carbocycles. The number of hydrogen-bond acceptors (Lipinski definition) is 3. The fraction of sp³-hybridized carbons (Fsp3) is 0.412. The number of pyridine rings is 1. The normalized spacial score (nSPS) is 11.7. The molecule has 0 fully saturated rings. The molecular formula is C17H23N3O. The van der Waals surface area contributed by atoms with Gasteiger partial charge in [-0.05, 0) is 31.0 Å². The fourth-order valence-electron chi connectivity index (χ4n) is 2.47. The molecule has 4 heteroatoms. The number of para-hydroxylation sites is 1. The Bertz CT molecular complexity index is 664. The van der Waals surface area contributed by atoms with Crippen LogP contribution in [-0.2, 0) is 0 Å². The standard InChI is InChI=1S/C17H23N3O/c1-12-9-14(13-7-5-6-8-15(13)19-12)16(21)20(4)11-17(2,3)10-18/h5-9H,10-11,18H2,1-4H3. The van der Waals surface area contributed by atoms with Gasteiger partial charge in [-0.3, -0.25) is 9.78 Å². The van der Waals surface area contributed by atoms with Gasteiger partial charge < -0.3 is 10.6 Å². The second kappa shape index (κ2) is 5.82. The summed E-state index contributed by atoms with van der Waals surface area (Å²) < 4.78 is 0. The lowest BCUT2D eigenvalue weighted by Gasteiger charge is -2.29. The molecule has 0 saturated carbocycles. The number of benzene rings is 1. The van der Waals surface area contributed by atoms with E-state index in [1.165, 1.54) is 0 Å². The van der Waals surface area contributed by atoms with E-state index in [4.69, 9.17) is 5.73 Å². The van der Waals surface area contributed by atoms with Crippen LogP contribution >= 0.6 is 0 Å². The highest BCUT2D eigenvalue weighted by Gasteiger charge is 2.23. The first-order valence-corrected chi connectivity index (χ1v) is 7.16. The van der Waals surface area contributed by atoms with Crippen molar-refractivity contribution in [2.24, 2.45) is 11.1 Å². The van der Waals surface area contributed by atoms with Gasteiger partial charge in [-0.25, -0.2) is 0 Å². The number of amides is 1. The molecule has 2 rings (SSSR count). The van der Waals surface area contributed by atoms with Gasteiger partial charge in [0, 0.05) is 24.7 Å². The van der Waals surface area contributed by atoms with Gasteiger partial charge in [0.15, 0.2) is 0 Å². The quantitative estimate of drug-likeness (QED) is 0.939. The van der Waals surface area contributed by atoms with Crippen molar-refractivity contribution < 1.29 is 4.79 Å². The molecule has 0 radical (unpaired) electrons. The third-order valence-electron chi connectivity index (χ3n) is 3.64. The zero-order valence-corrected chi connectivity index (χ0v) is 13.2. The molecule has 1 aromatic heterocycles. The van der Waals surface area contributed by atoms with Gasteiger partial charge in [-0.15, -0.1) is 0 Å². The number of aromatic nitrogens is 1. The van der Waals surface area contributed by atoms with Crippen LogP contribution in [0.1, 0.15) is 29.9 Å². The Morgan fingerprint density at radius 3 is 2.67 bits per heavy atom. The van der Waals surface area contributed by atoms with Crippen molar-refractivity contribution in [2.75, 3.05) is 20.1 Å². The van der Waals surface area contributed by atoms with Crippen LogP contribution in [0.2, 0.25) is 0 Å². The fourth-order valence-corrected chi connectivity index (χ4v) is 2.47. The monoisotopic (exact) mass is 285 g/mol. The summed E-state index contributed by atoms with van der Waals surface area (Å²) in [6.45, 7) is 7.20. The molecule has 1 amide bonds. The Kier molecular flexibility index (Phi) is 4.28.